The lowest BCUT2D eigenvalue weighted by atomic mass is 10.2. The molecule has 0 aliphatic carbocycles. The molecule has 0 fully saturated rings. The second-order valence-electron chi connectivity index (χ2n) is 3.52. The van der Waals surface area contributed by atoms with Gasteiger partial charge in [0, 0.05) is 11.5 Å². The maximum absolute atomic E-state index is 10.8. The SMILES string of the molecule is CC(C)c1nc2cccc(C=O)c2s1. The van der Waals surface area contributed by atoms with Crippen molar-refractivity contribution in [3.05, 3.63) is 28.8 Å². The van der Waals surface area contributed by atoms with Gasteiger partial charge in [-0.2, -0.15) is 0 Å². The fraction of sp³-hybridized carbons (Fsp3) is 0.273. The van der Waals surface area contributed by atoms with Crippen LogP contribution in [0, 0.1) is 0 Å². The lowest BCUT2D eigenvalue weighted by molar-refractivity contribution is 0.112. The van der Waals surface area contributed by atoms with Crippen LogP contribution in [0.1, 0.15) is 35.1 Å². The summed E-state index contributed by atoms with van der Waals surface area (Å²) in [5.74, 6) is 0.423. The molecule has 0 aliphatic heterocycles. The molecule has 1 heterocycles. The summed E-state index contributed by atoms with van der Waals surface area (Å²) >= 11 is 1.61. The first-order valence-corrected chi connectivity index (χ1v) is 5.38. The molecule has 0 unspecified atom stereocenters. The van der Waals surface area contributed by atoms with Gasteiger partial charge in [0.15, 0.2) is 6.29 Å². The van der Waals surface area contributed by atoms with E-state index in [9.17, 15) is 4.79 Å². The third-order valence-electron chi connectivity index (χ3n) is 2.08. The average molecular weight is 205 g/mol. The first kappa shape index (κ1) is 9.34. The van der Waals surface area contributed by atoms with E-state index in [1.807, 2.05) is 18.2 Å². The van der Waals surface area contributed by atoms with Gasteiger partial charge >= 0.3 is 0 Å². The number of carbonyl (C=O) groups is 1. The Hall–Kier alpha value is -1.22. The van der Waals surface area contributed by atoms with Crippen LogP contribution in [0.5, 0.6) is 0 Å². The Labute approximate surface area is 86.6 Å². The second kappa shape index (κ2) is 3.50. The van der Waals surface area contributed by atoms with Crippen molar-refractivity contribution in [2.24, 2.45) is 0 Å². The van der Waals surface area contributed by atoms with Crippen LogP contribution < -0.4 is 0 Å². The van der Waals surface area contributed by atoms with Gasteiger partial charge in [-0.25, -0.2) is 4.98 Å². The molecule has 2 aromatic rings. The van der Waals surface area contributed by atoms with Gasteiger partial charge in [0.1, 0.15) is 0 Å². The lowest BCUT2D eigenvalue weighted by Crippen LogP contribution is -1.82. The molecule has 2 rings (SSSR count). The summed E-state index contributed by atoms with van der Waals surface area (Å²) in [6.07, 6.45) is 0.893. The number of nitrogens with zero attached hydrogens (tertiary/aromatic N) is 1. The van der Waals surface area contributed by atoms with Crippen molar-refractivity contribution in [3.8, 4) is 0 Å². The second-order valence-corrected chi connectivity index (χ2v) is 4.55. The van der Waals surface area contributed by atoms with Gasteiger partial charge < -0.3 is 0 Å². The molecule has 0 spiro atoms. The van der Waals surface area contributed by atoms with E-state index in [0.29, 0.717) is 5.92 Å². The van der Waals surface area contributed by atoms with Gasteiger partial charge in [-0.15, -0.1) is 11.3 Å². The van der Waals surface area contributed by atoms with Crippen molar-refractivity contribution >= 4 is 27.8 Å². The van der Waals surface area contributed by atoms with Crippen LogP contribution in [-0.4, -0.2) is 11.3 Å². The Bertz CT molecular complexity index is 473. The quantitative estimate of drug-likeness (QED) is 0.704. The van der Waals surface area contributed by atoms with Crippen molar-refractivity contribution in [3.63, 3.8) is 0 Å². The Morgan fingerprint density at radius 3 is 2.86 bits per heavy atom. The van der Waals surface area contributed by atoms with Gasteiger partial charge in [0.05, 0.1) is 15.2 Å². The van der Waals surface area contributed by atoms with Crippen LogP contribution in [0.15, 0.2) is 18.2 Å². The van der Waals surface area contributed by atoms with E-state index < -0.39 is 0 Å². The highest BCUT2D eigenvalue weighted by atomic mass is 32.1. The number of aromatic nitrogens is 1. The molecule has 0 bridgehead atoms. The monoisotopic (exact) mass is 205 g/mol. The maximum atomic E-state index is 10.8. The van der Waals surface area contributed by atoms with Crippen molar-refractivity contribution in [2.75, 3.05) is 0 Å². The molecule has 0 N–H and O–H groups in total. The topological polar surface area (TPSA) is 30.0 Å². The molecule has 0 amide bonds. The predicted octanol–water partition coefficient (Wildman–Crippen LogP) is 3.23. The predicted molar refractivity (Wildman–Crippen MR) is 59.1 cm³/mol. The van der Waals surface area contributed by atoms with Crippen molar-refractivity contribution in [2.45, 2.75) is 19.8 Å². The van der Waals surface area contributed by atoms with E-state index in [-0.39, 0.29) is 0 Å². The zero-order chi connectivity index (χ0) is 10.1. The molecule has 72 valence electrons. The summed E-state index contributed by atoms with van der Waals surface area (Å²) in [5, 5.41) is 1.09. The number of thiazole rings is 1. The lowest BCUT2D eigenvalue weighted by Gasteiger charge is -1.94. The van der Waals surface area contributed by atoms with E-state index in [1.54, 1.807) is 11.3 Å². The molecule has 0 atom stereocenters. The third-order valence-corrected chi connectivity index (χ3v) is 3.50. The van der Waals surface area contributed by atoms with Crippen LogP contribution in [0.2, 0.25) is 0 Å². The van der Waals surface area contributed by atoms with Gasteiger partial charge in [-0.1, -0.05) is 26.0 Å². The molecule has 0 aliphatic rings. The van der Waals surface area contributed by atoms with Crippen LogP contribution >= 0.6 is 11.3 Å². The number of aldehydes is 1. The van der Waals surface area contributed by atoms with Gasteiger partial charge in [0.2, 0.25) is 0 Å². The maximum Gasteiger partial charge on any atom is 0.151 e. The first-order valence-electron chi connectivity index (χ1n) is 4.57. The van der Waals surface area contributed by atoms with Gasteiger partial charge in [-0.3, -0.25) is 4.79 Å². The van der Waals surface area contributed by atoms with E-state index in [4.69, 9.17) is 0 Å². The fourth-order valence-corrected chi connectivity index (χ4v) is 2.37. The first-order chi connectivity index (χ1) is 6.72. The molecular formula is C11H11NOS. The largest absolute Gasteiger partial charge is 0.298 e. The molecule has 14 heavy (non-hydrogen) atoms. The number of hydrogen-bond donors (Lipinski definition) is 0. The Morgan fingerprint density at radius 1 is 1.43 bits per heavy atom. The minimum atomic E-state index is 0.423. The van der Waals surface area contributed by atoms with Crippen molar-refractivity contribution in [1.82, 2.24) is 4.98 Å². The molecule has 0 saturated carbocycles. The molecule has 0 saturated heterocycles. The number of fused-ring (bicyclic) bond motifs is 1. The number of carbonyl (C=O) groups excluding carboxylic acids is 1. The van der Waals surface area contributed by atoms with Crippen LogP contribution in [0.4, 0.5) is 0 Å². The van der Waals surface area contributed by atoms with E-state index >= 15 is 0 Å². The average Bonchev–Trinajstić information content (AvgIpc) is 2.60. The zero-order valence-corrected chi connectivity index (χ0v) is 8.97. The van der Waals surface area contributed by atoms with Crippen molar-refractivity contribution in [1.29, 1.82) is 0 Å². The van der Waals surface area contributed by atoms with Crippen LogP contribution in [-0.2, 0) is 0 Å². The molecule has 0 radical (unpaired) electrons. The van der Waals surface area contributed by atoms with Crippen LogP contribution in [0.3, 0.4) is 0 Å². The van der Waals surface area contributed by atoms with Crippen LogP contribution in [0.25, 0.3) is 10.2 Å². The normalized spacial score (nSPS) is 11.1. The smallest absolute Gasteiger partial charge is 0.151 e. The summed E-state index contributed by atoms with van der Waals surface area (Å²) in [7, 11) is 0. The Balaban J connectivity index is 2.70. The van der Waals surface area contributed by atoms with Crippen molar-refractivity contribution < 1.29 is 4.79 Å². The number of rotatable bonds is 2. The zero-order valence-electron chi connectivity index (χ0n) is 8.15. The summed E-state index contributed by atoms with van der Waals surface area (Å²) in [5.41, 5.74) is 1.68. The molecular weight excluding hydrogens is 194 g/mol. The Kier molecular flexibility index (Phi) is 2.33. The highest BCUT2D eigenvalue weighted by molar-refractivity contribution is 7.19. The number of hydrogen-bond acceptors (Lipinski definition) is 3. The van der Waals surface area contributed by atoms with Gasteiger partial charge in [-0.05, 0) is 6.07 Å². The summed E-state index contributed by atoms with van der Waals surface area (Å²) < 4.78 is 1.01. The molecule has 1 aromatic heterocycles. The van der Waals surface area contributed by atoms with E-state index in [1.165, 1.54) is 0 Å². The molecule has 1 aromatic carbocycles. The molecule has 3 heteroatoms. The van der Waals surface area contributed by atoms with E-state index in [2.05, 4.69) is 18.8 Å². The minimum absolute atomic E-state index is 0.423. The standard InChI is InChI=1S/C11H11NOS/c1-7(2)11-12-9-5-3-4-8(6-13)10(9)14-11/h3-7H,1-2H3. The fourth-order valence-electron chi connectivity index (χ4n) is 1.33. The van der Waals surface area contributed by atoms with Gasteiger partial charge in [0.25, 0.3) is 0 Å². The summed E-state index contributed by atoms with van der Waals surface area (Å²) in [6.45, 7) is 4.22. The summed E-state index contributed by atoms with van der Waals surface area (Å²) in [4.78, 5) is 15.3. The Morgan fingerprint density at radius 2 is 2.21 bits per heavy atom. The number of benzene rings is 1. The third kappa shape index (κ3) is 1.44. The highest BCUT2D eigenvalue weighted by Gasteiger charge is 2.09. The van der Waals surface area contributed by atoms with E-state index in [0.717, 1.165) is 27.1 Å². The molecule has 2 nitrogen and oxygen atoms in total. The minimum Gasteiger partial charge on any atom is -0.298 e. The summed E-state index contributed by atoms with van der Waals surface area (Å²) in [6, 6.07) is 5.65. The highest BCUT2D eigenvalue weighted by Crippen LogP contribution is 2.28.